The van der Waals surface area contributed by atoms with E-state index in [9.17, 15) is 9.90 Å². The van der Waals surface area contributed by atoms with Crippen LogP contribution < -0.4 is 10.1 Å². The number of aliphatic hydroxyl groups is 1. The Hall–Kier alpha value is -3.83. The summed E-state index contributed by atoms with van der Waals surface area (Å²) in [5.74, 6) is 7.48. The van der Waals surface area contributed by atoms with Crippen molar-refractivity contribution in [2.24, 2.45) is 0 Å². The molecule has 2 amide bonds. The number of likely N-dealkylation sites (N-methyl/N-ethyl adjacent to an activating group) is 1. The minimum absolute atomic E-state index is 0.114. The van der Waals surface area contributed by atoms with Crippen molar-refractivity contribution in [3.63, 3.8) is 0 Å². The van der Waals surface area contributed by atoms with Gasteiger partial charge in [0.1, 0.15) is 5.75 Å². The number of nitrogens with one attached hydrogen (secondary N) is 1. The van der Waals surface area contributed by atoms with Crippen molar-refractivity contribution in [2.75, 3.05) is 52.7 Å². The van der Waals surface area contributed by atoms with Crippen molar-refractivity contribution < 1.29 is 14.6 Å². The summed E-state index contributed by atoms with van der Waals surface area (Å²) in [5, 5.41) is 13.9. The van der Waals surface area contributed by atoms with E-state index in [1.807, 2.05) is 59.5 Å². The van der Waals surface area contributed by atoms with Crippen molar-refractivity contribution in [3.8, 4) is 17.6 Å². The second-order valence-electron chi connectivity index (χ2n) is 10.9. The first-order chi connectivity index (χ1) is 19.4. The highest BCUT2D eigenvalue weighted by Crippen LogP contribution is 2.42. The number of aliphatic hydroxyl groups excluding tert-OH is 1. The van der Waals surface area contributed by atoms with E-state index >= 15 is 0 Å². The van der Waals surface area contributed by atoms with Crippen molar-refractivity contribution in [1.29, 1.82) is 0 Å². The average molecular weight is 539 g/mol. The Bertz CT molecular complexity index is 1330. The first-order valence-corrected chi connectivity index (χ1v) is 13.9. The number of methoxy groups -OCH3 is 1. The van der Waals surface area contributed by atoms with Gasteiger partial charge in [-0.2, -0.15) is 0 Å². The number of hydrogen-bond acceptors (Lipinski definition) is 5. The van der Waals surface area contributed by atoms with Crippen molar-refractivity contribution in [3.05, 3.63) is 95.6 Å². The normalized spacial score (nSPS) is 22.7. The molecule has 0 saturated carbocycles. The first-order valence-electron chi connectivity index (χ1n) is 13.9. The van der Waals surface area contributed by atoms with Crippen LogP contribution in [0.2, 0.25) is 0 Å². The molecule has 3 unspecified atom stereocenters. The van der Waals surface area contributed by atoms with Crippen LogP contribution in [-0.4, -0.2) is 91.4 Å². The standard InChI is InChI=1S/C33H38N4O3/c1-35(2)22-30-32(26-13-11-25(12-14-26)10-9-24-7-5-4-6-8-24)31-23-36(20-19-28(38)21-37(30)31)33(39)34-27-15-17-29(40-3)18-16-27/h4-8,11-18,28,30-32,38H,19-23H2,1-3H3,(H,34,39)/t28?,30-,31?,32?/m1/s1. The summed E-state index contributed by atoms with van der Waals surface area (Å²) in [7, 11) is 5.79. The van der Waals surface area contributed by atoms with Crippen LogP contribution in [0.1, 0.15) is 29.0 Å². The summed E-state index contributed by atoms with van der Waals surface area (Å²) >= 11 is 0. The van der Waals surface area contributed by atoms with Crippen LogP contribution >= 0.6 is 0 Å². The molecule has 208 valence electrons. The molecule has 40 heavy (non-hydrogen) atoms. The van der Waals surface area contributed by atoms with Crippen LogP contribution in [0.4, 0.5) is 10.5 Å². The van der Waals surface area contributed by atoms with E-state index < -0.39 is 6.10 Å². The molecule has 0 radical (unpaired) electrons. The lowest BCUT2D eigenvalue weighted by Crippen LogP contribution is -2.70. The molecule has 2 saturated heterocycles. The SMILES string of the molecule is COc1ccc(NC(=O)N2CCC(O)CN3C(C2)C(c2ccc(C#Cc4ccccc4)cc2)[C@H]3CN(C)C)cc1. The van der Waals surface area contributed by atoms with Gasteiger partial charge >= 0.3 is 6.03 Å². The van der Waals surface area contributed by atoms with Crippen LogP contribution in [0.5, 0.6) is 5.75 Å². The molecule has 7 heteroatoms. The molecule has 0 bridgehead atoms. The third-order valence-corrected chi connectivity index (χ3v) is 7.84. The molecule has 5 rings (SSSR count). The molecular formula is C33H38N4O3. The van der Waals surface area contributed by atoms with E-state index in [0.717, 1.165) is 23.4 Å². The van der Waals surface area contributed by atoms with Crippen LogP contribution in [0.25, 0.3) is 0 Å². The molecule has 2 N–H and O–H groups in total. The molecule has 4 atom stereocenters. The Kier molecular flexibility index (Phi) is 8.71. The number of ether oxygens (including phenoxy) is 1. The number of urea groups is 1. The van der Waals surface area contributed by atoms with Crippen LogP contribution in [0.3, 0.4) is 0 Å². The van der Waals surface area contributed by atoms with E-state index in [1.165, 1.54) is 5.56 Å². The summed E-state index contributed by atoms with van der Waals surface area (Å²) in [6.45, 7) is 2.60. The first kappa shape index (κ1) is 27.7. The minimum atomic E-state index is -0.486. The molecule has 0 aromatic heterocycles. The molecule has 0 aliphatic carbocycles. The largest absolute Gasteiger partial charge is 0.497 e. The Balaban J connectivity index is 1.36. The fourth-order valence-corrected chi connectivity index (χ4v) is 5.81. The lowest BCUT2D eigenvalue weighted by molar-refractivity contribution is -0.0735. The second-order valence-corrected chi connectivity index (χ2v) is 10.9. The van der Waals surface area contributed by atoms with Gasteiger partial charge in [0.15, 0.2) is 0 Å². The summed E-state index contributed by atoms with van der Waals surface area (Å²) < 4.78 is 5.23. The number of benzene rings is 3. The second kappa shape index (κ2) is 12.6. The lowest BCUT2D eigenvalue weighted by atomic mass is 9.73. The van der Waals surface area contributed by atoms with Crippen molar-refractivity contribution in [2.45, 2.75) is 30.5 Å². The Morgan fingerprint density at radius 1 is 0.975 bits per heavy atom. The van der Waals surface area contributed by atoms with Gasteiger partial charge in [0.2, 0.25) is 0 Å². The molecule has 2 heterocycles. The maximum Gasteiger partial charge on any atom is 0.321 e. The topological polar surface area (TPSA) is 68.3 Å². The van der Waals surface area contributed by atoms with Gasteiger partial charge in [-0.15, -0.1) is 0 Å². The van der Waals surface area contributed by atoms with E-state index in [2.05, 4.69) is 65.3 Å². The van der Waals surface area contributed by atoms with Gasteiger partial charge in [-0.25, -0.2) is 4.79 Å². The molecule has 2 aliphatic rings. The highest BCUT2D eigenvalue weighted by molar-refractivity contribution is 5.89. The van der Waals surface area contributed by atoms with E-state index in [0.29, 0.717) is 31.7 Å². The van der Waals surface area contributed by atoms with Gasteiger partial charge in [-0.3, -0.25) is 4.90 Å². The smallest absolute Gasteiger partial charge is 0.321 e. The van der Waals surface area contributed by atoms with Crippen LogP contribution in [0, 0.1) is 11.8 Å². The summed E-state index contributed by atoms with van der Waals surface area (Å²) in [4.78, 5) is 19.8. The molecular weight excluding hydrogens is 500 g/mol. The van der Waals surface area contributed by atoms with Crippen molar-refractivity contribution >= 4 is 11.7 Å². The number of hydrogen-bond donors (Lipinski definition) is 2. The van der Waals surface area contributed by atoms with Gasteiger partial charge in [-0.1, -0.05) is 42.2 Å². The maximum atomic E-state index is 13.4. The number of carbonyl (C=O) groups is 1. The molecule has 2 aliphatic heterocycles. The summed E-state index contributed by atoms with van der Waals surface area (Å²) in [6.07, 6.45) is 0.0632. The third-order valence-electron chi connectivity index (χ3n) is 7.84. The summed E-state index contributed by atoms with van der Waals surface area (Å²) in [6, 6.07) is 26.1. The van der Waals surface area contributed by atoms with Gasteiger partial charge in [0.25, 0.3) is 0 Å². The Morgan fingerprint density at radius 3 is 2.30 bits per heavy atom. The zero-order valence-electron chi connectivity index (χ0n) is 23.5. The highest BCUT2D eigenvalue weighted by Gasteiger charge is 2.50. The Labute approximate surface area is 237 Å². The minimum Gasteiger partial charge on any atom is -0.497 e. The van der Waals surface area contributed by atoms with Gasteiger partial charge in [0.05, 0.1) is 13.2 Å². The number of anilines is 1. The fourth-order valence-electron chi connectivity index (χ4n) is 5.81. The highest BCUT2D eigenvalue weighted by atomic mass is 16.5. The van der Waals surface area contributed by atoms with E-state index in [-0.39, 0.29) is 24.0 Å². The predicted molar refractivity (Wildman–Crippen MR) is 159 cm³/mol. The summed E-state index contributed by atoms with van der Waals surface area (Å²) in [5.41, 5.74) is 3.92. The monoisotopic (exact) mass is 538 g/mol. The number of amides is 2. The molecule has 3 aromatic rings. The van der Waals surface area contributed by atoms with Crippen molar-refractivity contribution in [1.82, 2.24) is 14.7 Å². The zero-order valence-corrected chi connectivity index (χ0v) is 23.5. The lowest BCUT2D eigenvalue weighted by Gasteiger charge is -2.58. The molecule has 0 spiro atoms. The molecule has 2 fully saturated rings. The maximum absolute atomic E-state index is 13.4. The van der Waals surface area contributed by atoms with E-state index in [4.69, 9.17) is 4.74 Å². The third kappa shape index (κ3) is 6.48. The van der Waals surface area contributed by atoms with Gasteiger partial charge < -0.3 is 25.0 Å². The number of carbonyl (C=O) groups excluding carboxylic acids is 1. The fraction of sp³-hybridized carbons (Fsp3) is 0.364. The molecule has 7 nitrogen and oxygen atoms in total. The predicted octanol–water partition coefficient (Wildman–Crippen LogP) is 4.09. The zero-order chi connectivity index (χ0) is 28.1. The number of fused-ring (bicyclic) bond motifs is 1. The van der Waals surface area contributed by atoms with Gasteiger partial charge in [-0.05, 0) is 74.6 Å². The van der Waals surface area contributed by atoms with Crippen LogP contribution in [-0.2, 0) is 0 Å². The van der Waals surface area contributed by atoms with Crippen LogP contribution in [0.15, 0.2) is 78.9 Å². The average Bonchev–Trinajstić information content (AvgIpc) is 2.96. The molecule has 3 aromatic carbocycles. The van der Waals surface area contributed by atoms with Gasteiger partial charge in [0, 0.05) is 61.0 Å². The quantitative estimate of drug-likeness (QED) is 0.479. The Morgan fingerprint density at radius 2 is 1.65 bits per heavy atom. The number of nitrogens with zero attached hydrogens (tertiary/aromatic N) is 3. The number of rotatable bonds is 5. The van der Waals surface area contributed by atoms with E-state index in [1.54, 1.807) is 7.11 Å².